The second kappa shape index (κ2) is 6.25. The summed E-state index contributed by atoms with van der Waals surface area (Å²) in [5, 5.41) is 14.1. The van der Waals surface area contributed by atoms with E-state index in [0.29, 0.717) is 0 Å². The zero-order chi connectivity index (χ0) is 14.6. The summed E-state index contributed by atoms with van der Waals surface area (Å²) >= 11 is 1.60. The van der Waals surface area contributed by atoms with Crippen LogP contribution in [-0.4, -0.2) is 37.6 Å². The Kier molecular flexibility index (Phi) is 5.19. The minimum atomic E-state index is -3.64. The molecule has 0 amide bonds. The van der Waals surface area contributed by atoms with E-state index in [2.05, 4.69) is 5.32 Å². The lowest BCUT2D eigenvalue weighted by atomic mass is 10.2. The molecule has 0 saturated heterocycles. The van der Waals surface area contributed by atoms with Crippen molar-refractivity contribution in [1.82, 2.24) is 0 Å². The molecule has 106 valence electrons. The minimum Gasteiger partial charge on any atom is -0.376 e. The quantitative estimate of drug-likeness (QED) is 0.640. The molecule has 0 fully saturated rings. The summed E-state index contributed by atoms with van der Waals surface area (Å²) in [7, 11) is -3.64. The Bertz CT molecular complexity index is 572. The number of hydrogen-bond donors (Lipinski definition) is 1. The Balaban J connectivity index is 3.29. The fourth-order valence-corrected chi connectivity index (χ4v) is 3.13. The maximum atomic E-state index is 11.6. The molecule has 0 spiro atoms. The average Bonchev–Trinajstić information content (AvgIpc) is 2.27. The number of rotatable bonds is 6. The normalized spacial score (nSPS) is 13.0. The van der Waals surface area contributed by atoms with Crippen molar-refractivity contribution in [2.24, 2.45) is 0 Å². The van der Waals surface area contributed by atoms with Crippen LogP contribution in [0.3, 0.4) is 0 Å². The molecule has 0 saturated carbocycles. The van der Waals surface area contributed by atoms with Gasteiger partial charge in [0, 0.05) is 18.1 Å². The fourth-order valence-electron chi connectivity index (χ4n) is 1.68. The highest BCUT2D eigenvalue weighted by atomic mass is 32.2. The van der Waals surface area contributed by atoms with Gasteiger partial charge in [-0.25, -0.2) is 8.42 Å². The number of nitro benzene ring substituents is 1. The van der Waals surface area contributed by atoms with Crippen molar-refractivity contribution in [2.45, 2.75) is 17.9 Å². The van der Waals surface area contributed by atoms with E-state index in [1.165, 1.54) is 18.2 Å². The second-order valence-electron chi connectivity index (χ2n) is 4.18. The van der Waals surface area contributed by atoms with Crippen molar-refractivity contribution in [3.8, 4) is 0 Å². The first kappa shape index (κ1) is 15.8. The number of sulfone groups is 1. The molecular weight excluding hydrogens is 288 g/mol. The number of nitrogens with zero attached hydrogens (tertiary/aromatic N) is 1. The molecule has 0 aromatic heterocycles. The Labute approximate surface area is 116 Å². The van der Waals surface area contributed by atoms with Crippen LogP contribution in [0.4, 0.5) is 11.4 Å². The van der Waals surface area contributed by atoms with Crippen molar-refractivity contribution in [3.63, 3.8) is 0 Å². The van der Waals surface area contributed by atoms with Crippen LogP contribution in [0, 0.1) is 10.1 Å². The van der Waals surface area contributed by atoms with Crippen LogP contribution in [0.15, 0.2) is 23.1 Å². The molecule has 1 aromatic carbocycles. The summed E-state index contributed by atoms with van der Waals surface area (Å²) < 4.78 is 23.2. The van der Waals surface area contributed by atoms with Crippen LogP contribution < -0.4 is 5.32 Å². The van der Waals surface area contributed by atoms with Crippen LogP contribution in [0.1, 0.15) is 6.92 Å². The van der Waals surface area contributed by atoms with E-state index in [1.807, 2.05) is 13.2 Å². The van der Waals surface area contributed by atoms with Crippen molar-refractivity contribution in [1.29, 1.82) is 0 Å². The smallest absolute Gasteiger partial charge is 0.310 e. The van der Waals surface area contributed by atoms with E-state index in [0.717, 1.165) is 12.0 Å². The van der Waals surface area contributed by atoms with Crippen LogP contribution in [-0.2, 0) is 9.84 Å². The number of para-hydroxylation sites is 1. The summed E-state index contributed by atoms with van der Waals surface area (Å²) in [5.74, 6) is 0.764. The number of thioether (sulfide) groups is 1. The molecule has 0 bridgehead atoms. The van der Waals surface area contributed by atoms with Gasteiger partial charge in [-0.2, -0.15) is 11.8 Å². The lowest BCUT2D eigenvalue weighted by molar-refractivity contribution is -0.386. The minimum absolute atomic E-state index is 0.00325. The van der Waals surface area contributed by atoms with Crippen molar-refractivity contribution in [2.75, 3.05) is 23.6 Å². The number of nitrogens with one attached hydrogen (secondary N) is 1. The van der Waals surface area contributed by atoms with Gasteiger partial charge >= 0.3 is 5.69 Å². The van der Waals surface area contributed by atoms with E-state index in [1.54, 1.807) is 11.8 Å². The van der Waals surface area contributed by atoms with Gasteiger partial charge in [-0.1, -0.05) is 6.07 Å². The number of anilines is 1. The Hall–Kier alpha value is -1.28. The first-order chi connectivity index (χ1) is 8.77. The third-order valence-corrected chi connectivity index (χ3v) is 4.36. The van der Waals surface area contributed by atoms with Crippen molar-refractivity contribution >= 4 is 33.0 Å². The van der Waals surface area contributed by atoms with Crippen LogP contribution in [0.5, 0.6) is 0 Å². The lowest BCUT2D eigenvalue weighted by Crippen LogP contribution is -2.19. The Morgan fingerprint density at radius 2 is 2.11 bits per heavy atom. The van der Waals surface area contributed by atoms with Gasteiger partial charge in [0.2, 0.25) is 0 Å². The average molecular weight is 304 g/mol. The highest BCUT2D eigenvalue weighted by Gasteiger charge is 2.26. The summed E-state index contributed by atoms with van der Waals surface area (Å²) in [6, 6.07) is 4.27. The molecule has 1 rings (SSSR count). The van der Waals surface area contributed by atoms with Crippen molar-refractivity contribution in [3.05, 3.63) is 28.3 Å². The van der Waals surface area contributed by atoms with Gasteiger partial charge < -0.3 is 5.32 Å². The van der Waals surface area contributed by atoms with Crippen LogP contribution in [0.25, 0.3) is 0 Å². The Morgan fingerprint density at radius 1 is 1.47 bits per heavy atom. The number of hydrogen-bond acceptors (Lipinski definition) is 6. The molecule has 0 aliphatic rings. The first-order valence-corrected chi connectivity index (χ1v) is 8.78. The maximum Gasteiger partial charge on any atom is 0.310 e. The third-order valence-electron chi connectivity index (χ3n) is 2.40. The van der Waals surface area contributed by atoms with E-state index in [4.69, 9.17) is 0 Å². The highest BCUT2D eigenvalue weighted by molar-refractivity contribution is 7.98. The second-order valence-corrected chi connectivity index (χ2v) is 7.08. The molecule has 1 aromatic rings. The predicted octanol–water partition coefficient (Wildman–Crippen LogP) is 2.16. The molecular formula is C11H16N2O4S2. The lowest BCUT2D eigenvalue weighted by Gasteiger charge is -2.15. The summed E-state index contributed by atoms with van der Waals surface area (Å²) in [4.78, 5) is 10.2. The highest BCUT2D eigenvalue weighted by Crippen LogP contribution is 2.32. The largest absolute Gasteiger partial charge is 0.376 e. The molecule has 1 unspecified atom stereocenters. The topological polar surface area (TPSA) is 89.3 Å². The standard InChI is InChI=1S/C11H16N2O4S2/c1-8(7-18-2)12-9-5-4-6-10(19(3,16)17)11(9)13(14)15/h4-6,8,12H,7H2,1-3H3. The van der Waals surface area contributed by atoms with E-state index in [9.17, 15) is 18.5 Å². The van der Waals surface area contributed by atoms with Gasteiger partial charge in [-0.3, -0.25) is 10.1 Å². The van der Waals surface area contributed by atoms with E-state index in [-0.39, 0.29) is 16.6 Å². The molecule has 0 radical (unpaired) electrons. The summed E-state index contributed by atoms with van der Waals surface area (Å²) in [5.41, 5.74) is -0.160. The number of nitro groups is 1. The molecule has 0 aliphatic carbocycles. The van der Waals surface area contributed by atoms with Gasteiger partial charge in [-0.05, 0) is 25.3 Å². The fraction of sp³-hybridized carbons (Fsp3) is 0.455. The molecule has 8 heteroatoms. The van der Waals surface area contributed by atoms with Gasteiger partial charge in [0.1, 0.15) is 10.6 Å². The van der Waals surface area contributed by atoms with Crippen molar-refractivity contribution < 1.29 is 13.3 Å². The molecule has 0 aliphatic heterocycles. The zero-order valence-corrected chi connectivity index (χ0v) is 12.5. The summed E-state index contributed by atoms with van der Waals surface area (Å²) in [6.45, 7) is 1.88. The molecule has 6 nitrogen and oxygen atoms in total. The molecule has 1 N–H and O–H groups in total. The van der Waals surface area contributed by atoms with Gasteiger partial charge in [0.15, 0.2) is 9.84 Å². The predicted molar refractivity (Wildman–Crippen MR) is 77.7 cm³/mol. The van der Waals surface area contributed by atoms with E-state index >= 15 is 0 Å². The van der Waals surface area contributed by atoms with Gasteiger partial charge in [0.05, 0.1) is 4.92 Å². The zero-order valence-electron chi connectivity index (χ0n) is 10.9. The maximum absolute atomic E-state index is 11.6. The van der Waals surface area contributed by atoms with Gasteiger partial charge in [-0.15, -0.1) is 0 Å². The number of benzene rings is 1. The van der Waals surface area contributed by atoms with E-state index < -0.39 is 20.4 Å². The SMILES string of the molecule is CSCC(C)Nc1cccc(S(C)(=O)=O)c1[N+](=O)[O-]. The monoisotopic (exact) mass is 304 g/mol. The Morgan fingerprint density at radius 3 is 2.58 bits per heavy atom. The van der Waals surface area contributed by atoms with Crippen LogP contribution in [0.2, 0.25) is 0 Å². The first-order valence-electron chi connectivity index (χ1n) is 5.50. The molecule has 0 heterocycles. The van der Waals surface area contributed by atoms with Gasteiger partial charge in [0.25, 0.3) is 0 Å². The van der Waals surface area contributed by atoms with Crippen LogP contribution >= 0.6 is 11.8 Å². The third kappa shape index (κ3) is 4.10. The molecule has 1 atom stereocenters. The summed E-state index contributed by atoms with van der Waals surface area (Å²) in [6.07, 6.45) is 2.89. The molecule has 19 heavy (non-hydrogen) atoms.